The molecule has 4 aliphatic carbocycles. The lowest BCUT2D eigenvalue weighted by Crippen LogP contribution is -2.57. The number of fused-ring (bicyclic) bond motifs is 5. The Bertz CT molecular complexity index is 993. The minimum absolute atomic E-state index is 0.00515. The molecule has 4 fully saturated rings. The average molecular weight is 479 g/mol. The molecular formula is C30H42N2O3. The van der Waals surface area contributed by atoms with Gasteiger partial charge in [-0.2, -0.15) is 0 Å². The molecule has 1 aromatic carbocycles. The van der Waals surface area contributed by atoms with Crippen molar-refractivity contribution < 1.29 is 14.4 Å². The topological polar surface area (TPSA) is 89.3 Å². The molecule has 0 saturated heterocycles. The highest BCUT2D eigenvalue weighted by molar-refractivity contribution is 5.86. The molecule has 4 saturated carbocycles. The predicted octanol–water partition coefficient (Wildman–Crippen LogP) is 4.99. The summed E-state index contributed by atoms with van der Waals surface area (Å²) in [5.41, 5.74) is 7.97. The summed E-state index contributed by atoms with van der Waals surface area (Å²) in [4.78, 5) is 38.6. The minimum atomic E-state index is -0.196. The molecule has 1 amide bonds. The first-order chi connectivity index (χ1) is 16.6. The Hall–Kier alpha value is -2.01. The number of ketones is 2. The van der Waals surface area contributed by atoms with E-state index in [0.29, 0.717) is 49.1 Å². The third-order valence-corrected chi connectivity index (χ3v) is 11.0. The van der Waals surface area contributed by atoms with Gasteiger partial charge in [0.2, 0.25) is 5.91 Å². The number of amides is 1. The third-order valence-electron chi connectivity index (χ3n) is 11.0. The lowest BCUT2D eigenvalue weighted by Gasteiger charge is -2.59. The first-order valence-corrected chi connectivity index (χ1v) is 13.8. The maximum atomic E-state index is 13.5. The van der Waals surface area contributed by atoms with Crippen molar-refractivity contribution in [1.82, 2.24) is 5.32 Å². The van der Waals surface area contributed by atoms with Crippen LogP contribution >= 0.6 is 0 Å². The molecule has 3 N–H and O–H groups in total. The zero-order chi connectivity index (χ0) is 25.0. The third kappa shape index (κ3) is 4.18. The van der Waals surface area contributed by atoms with E-state index in [2.05, 4.69) is 19.2 Å². The molecule has 190 valence electrons. The Labute approximate surface area is 210 Å². The van der Waals surface area contributed by atoms with Gasteiger partial charge in [0, 0.05) is 37.6 Å². The maximum Gasteiger partial charge on any atom is 0.222 e. The zero-order valence-corrected chi connectivity index (χ0v) is 21.6. The van der Waals surface area contributed by atoms with Gasteiger partial charge in [-0.1, -0.05) is 44.2 Å². The molecule has 9 atom stereocenters. The van der Waals surface area contributed by atoms with Gasteiger partial charge in [0.05, 0.1) is 6.04 Å². The Balaban J connectivity index is 1.27. The molecule has 0 spiro atoms. The fourth-order valence-electron chi connectivity index (χ4n) is 8.95. The number of nitrogens with one attached hydrogen (secondary N) is 1. The fraction of sp³-hybridized carbons (Fsp3) is 0.700. The van der Waals surface area contributed by atoms with Crippen molar-refractivity contribution in [2.45, 2.75) is 90.6 Å². The molecule has 1 aromatic rings. The first-order valence-electron chi connectivity index (χ1n) is 13.8. The molecule has 4 aliphatic rings. The van der Waals surface area contributed by atoms with Crippen molar-refractivity contribution in [3.05, 3.63) is 35.9 Å². The van der Waals surface area contributed by atoms with Crippen molar-refractivity contribution >= 4 is 17.5 Å². The summed E-state index contributed by atoms with van der Waals surface area (Å²) in [7, 11) is 0. The van der Waals surface area contributed by atoms with E-state index in [1.165, 1.54) is 0 Å². The second kappa shape index (κ2) is 9.14. The molecule has 0 aromatic heterocycles. The van der Waals surface area contributed by atoms with E-state index in [1.54, 1.807) is 0 Å². The quantitative estimate of drug-likeness (QED) is 0.624. The van der Waals surface area contributed by atoms with Crippen LogP contribution in [0.15, 0.2) is 30.3 Å². The second-order valence-electron chi connectivity index (χ2n) is 12.7. The van der Waals surface area contributed by atoms with Crippen molar-refractivity contribution in [3.8, 4) is 0 Å². The highest BCUT2D eigenvalue weighted by Gasteiger charge is 2.63. The lowest BCUT2D eigenvalue weighted by molar-refractivity contribution is -0.158. The number of carbonyl (C=O) groups is 3. The van der Waals surface area contributed by atoms with E-state index >= 15 is 0 Å². The summed E-state index contributed by atoms with van der Waals surface area (Å²) in [6, 6.07) is 9.76. The lowest BCUT2D eigenvalue weighted by atomic mass is 9.44. The van der Waals surface area contributed by atoms with E-state index in [4.69, 9.17) is 5.73 Å². The van der Waals surface area contributed by atoms with Crippen LogP contribution in [0, 0.1) is 40.4 Å². The van der Waals surface area contributed by atoms with Gasteiger partial charge in [0.1, 0.15) is 11.6 Å². The van der Waals surface area contributed by atoms with E-state index in [1.807, 2.05) is 37.3 Å². The highest BCUT2D eigenvalue weighted by atomic mass is 16.2. The van der Waals surface area contributed by atoms with Gasteiger partial charge < -0.3 is 11.1 Å². The van der Waals surface area contributed by atoms with Crippen LogP contribution in [0.3, 0.4) is 0 Å². The Morgan fingerprint density at radius 2 is 1.74 bits per heavy atom. The van der Waals surface area contributed by atoms with Gasteiger partial charge in [-0.15, -0.1) is 0 Å². The van der Waals surface area contributed by atoms with Crippen molar-refractivity contribution in [2.75, 3.05) is 0 Å². The Morgan fingerprint density at radius 1 is 1.03 bits per heavy atom. The maximum absolute atomic E-state index is 13.5. The number of hydrogen-bond donors (Lipinski definition) is 2. The molecule has 0 unspecified atom stereocenters. The molecule has 0 radical (unpaired) electrons. The fourth-order valence-corrected chi connectivity index (χ4v) is 8.95. The van der Waals surface area contributed by atoms with Crippen LogP contribution in [0.5, 0.6) is 0 Å². The molecule has 0 bridgehead atoms. The summed E-state index contributed by atoms with van der Waals surface area (Å²) in [5, 5.41) is 3.13. The molecule has 0 heterocycles. The summed E-state index contributed by atoms with van der Waals surface area (Å²) in [6.07, 6.45) is 7.27. The SMILES string of the molecule is C[C@@H](NC(=O)C[C@@H](N)[C@H]1CC[C@H]2[C@@H]3C(=O)C[C@@H]4CC(=O)CC[C@]4(C)[C@H]3CC[C@]12C)c1ccccc1. The molecule has 0 aliphatic heterocycles. The minimum Gasteiger partial charge on any atom is -0.350 e. The van der Waals surface area contributed by atoms with Crippen LogP contribution in [0.2, 0.25) is 0 Å². The van der Waals surface area contributed by atoms with Crippen molar-refractivity contribution in [2.24, 2.45) is 46.2 Å². The van der Waals surface area contributed by atoms with Crippen molar-refractivity contribution in [3.63, 3.8) is 0 Å². The monoisotopic (exact) mass is 478 g/mol. The number of hydrogen-bond acceptors (Lipinski definition) is 4. The predicted molar refractivity (Wildman–Crippen MR) is 136 cm³/mol. The van der Waals surface area contributed by atoms with Crippen LogP contribution in [-0.4, -0.2) is 23.5 Å². The van der Waals surface area contributed by atoms with Gasteiger partial charge in [-0.05, 0) is 79.1 Å². The standard InChI is InChI=1S/C30H42N2O3/c1-18(19-7-5-4-6-8-19)32-27(35)17-25(31)22-9-10-23-28-24(12-14-30(22,23)3)29(2)13-11-21(33)15-20(29)16-26(28)34/h4-8,18,20,22-25,28H,9-17,31H2,1-3H3,(H,32,35)/t18-,20+,22-,23+,24+,25-,28+,29+,30-/m1/s1. The van der Waals surface area contributed by atoms with Crippen LogP contribution < -0.4 is 11.1 Å². The Morgan fingerprint density at radius 3 is 2.49 bits per heavy atom. The summed E-state index contributed by atoms with van der Waals surface area (Å²) < 4.78 is 0. The van der Waals surface area contributed by atoms with Crippen LogP contribution in [-0.2, 0) is 14.4 Å². The largest absolute Gasteiger partial charge is 0.350 e. The second-order valence-corrected chi connectivity index (χ2v) is 12.7. The van der Waals surface area contributed by atoms with Crippen molar-refractivity contribution in [1.29, 1.82) is 0 Å². The van der Waals surface area contributed by atoms with E-state index < -0.39 is 0 Å². The van der Waals surface area contributed by atoms with Gasteiger partial charge in [-0.3, -0.25) is 14.4 Å². The average Bonchev–Trinajstić information content (AvgIpc) is 3.18. The van der Waals surface area contributed by atoms with Gasteiger partial charge in [0.25, 0.3) is 0 Å². The number of nitrogens with two attached hydrogens (primary N) is 1. The first kappa shape index (κ1) is 24.7. The molecule has 35 heavy (non-hydrogen) atoms. The number of benzene rings is 1. The van der Waals surface area contributed by atoms with Gasteiger partial charge in [0.15, 0.2) is 0 Å². The normalized spacial score (nSPS) is 40.3. The van der Waals surface area contributed by atoms with Gasteiger partial charge >= 0.3 is 0 Å². The summed E-state index contributed by atoms with van der Waals surface area (Å²) in [6.45, 7) is 6.73. The van der Waals surface area contributed by atoms with E-state index in [9.17, 15) is 14.4 Å². The number of carbonyl (C=O) groups excluding carboxylic acids is 3. The summed E-state index contributed by atoms with van der Waals surface area (Å²) >= 11 is 0. The number of rotatable bonds is 5. The number of Topliss-reactive ketones (excluding diaryl/α,β-unsaturated/α-hetero) is 2. The van der Waals surface area contributed by atoms with Gasteiger partial charge in [-0.25, -0.2) is 0 Å². The molecule has 5 heteroatoms. The summed E-state index contributed by atoms with van der Waals surface area (Å²) in [5.74, 6) is 2.08. The molecule has 5 nitrogen and oxygen atoms in total. The van der Waals surface area contributed by atoms with E-state index in [-0.39, 0.29) is 46.6 Å². The zero-order valence-electron chi connectivity index (χ0n) is 21.6. The van der Waals surface area contributed by atoms with Crippen LogP contribution in [0.25, 0.3) is 0 Å². The van der Waals surface area contributed by atoms with Crippen LogP contribution in [0.4, 0.5) is 0 Å². The highest BCUT2D eigenvalue weighted by Crippen LogP contribution is 2.66. The van der Waals surface area contributed by atoms with E-state index in [0.717, 1.165) is 37.7 Å². The van der Waals surface area contributed by atoms with Crippen LogP contribution in [0.1, 0.15) is 90.2 Å². The smallest absolute Gasteiger partial charge is 0.222 e. The molecule has 5 rings (SSSR count). The Kier molecular flexibility index (Phi) is 6.44. The molecular weight excluding hydrogens is 436 g/mol.